The minimum absolute atomic E-state index is 0.495. The van der Waals surface area contributed by atoms with Crippen molar-refractivity contribution in [1.29, 1.82) is 0 Å². The maximum Gasteiger partial charge on any atom is 0.130 e. The molecule has 86 valence electrons. The van der Waals surface area contributed by atoms with E-state index in [9.17, 15) is 0 Å². The van der Waals surface area contributed by atoms with E-state index in [4.69, 9.17) is 9.15 Å². The van der Waals surface area contributed by atoms with Crippen molar-refractivity contribution in [3.8, 4) is 0 Å². The zero-order valence-electron chi connectivity index (χ0n) is 10.1. The van der Waals surface area contributed by atoms with E-state index in [0.717, 1.165) is 24.7 Å². The molecule has 0 saturated carbocycles. The van der Waals surface area contributed by atoms with Gasteiger partial charge < -0.3 is 14.5 Å². The first-order valence-electron chi connectivity index (χ1n) is 5.52. The van der Waals surface area contributed by atoms with Crippen LogP contribution in [0.25, 0.3) is 0 Å². The van der Waals surface area contributed by atoms with Gasteiger partial charge in [0.05, 0.1) is 0 Å². The van der Waals surface area contributed by atoms with Gasteiger partial charge in [0.2, 0.25) is 0 Å². The summed E-state index contributed by atoms with van der Waals surface area (Å²) < 4.78 is 10.9. The Kier molecular flexibility index (Phi) is 4.85. The molecule has 0 saturated heterocycles. The molecule has 0 amide bonds. The normalized spacial score (nSPS) is 11.3. The van der Waals surface area contributed by atoms with Crippen LogP contribution in [0.2, 0.25) is 0 Å². The van der Waals surface area contributed by atoms with Gasteiger partial charge >= 0.3 is 0 Å². The minimum Gasteiger partial charge on any atom is -0.464 e. The van der Waals surface area contributed by atoms with Gasteiger partial charge in [-0.1, -0.05) is 13.8 Å². The highest BCUT2D eigenvalue weighted by molar-refractivity contribution is 5.20. The SMILES string of the molecule is CCOCc1cc(CNC(C)C)c(C)o1. The lowest BCUT2D eigenvalue weighted by Crippen LogP contribution is -2.21. The van der Waals surface area contributed by atoms with Gasteiger partial charge in [-0.05, 0) is 19.9 Å². The van der Waals surface area contributed by atoms with Gasteiger partial charge in [0, 0.05) is 24.8 Å². The zero-order chi connectivity index (χ0) is 11.3. The molecule has 3 nitrogen and oxygen atoms in total. The second kappa shape index (κ2) is 5.93. The van der Waals surface area contributed by atoms with E-state index in [2.05, 4.69) is 25.2 Å². The van der Waals surface area contributed by atoms with Crippen LogP contribution < -0.4 is 5.32 Å². The van der Waals surface area contributed by atoms with Crippen molar-refractivity contribution in [2.75, 3.05) is 6.61 Å². The molecule has 1 rings (SSSR count). The predicted molar refractivity (Wildman–Crippen MR) is 60.8 cm³/mol. The van der Waals surface area contributed by atoms with E-state index in [-0.39, 0.29) is 0 Å². The van der Waals surface area contributed by atoms with E-state index in [1.54, 1.807) is 0 Å². The maximum atomic E-state index is 5.58. The van der Waals surface area contributed by atoms with Gasteiger partial charge in [0.15, 0.2) is 0 Å². The fourth-order valence-corrected chi connectivity index (χ4v) is 1.35. The van der Waals surface area contributed by atoms with E-state index >= 15 is 0 Å². The van der Waals surface area contributed by atoms with Crippen LogP contribution in [-0.2, 0) is 17.9 Å². The van der Waals surface area contributed by atoms with Crippen LogP contribution in [0.1, 0.15) is 37.9 Å². The molecule has 0 unspecified atom stereocenters. The molecule has 0 atom stereocenters. The Balaban J connectivity index is 2.52. The van der Waals surface area contributed by atoms with Gasteiger partial charge in [-0.3, -0.25) is 0 Å². The summed E-state index contributed by atoms with van der Waals surface area (Å²) in [7, 11) is 0. The van der Waals surface area contributed by atoms with Crippen molar-refractivity contribution in [3.63, 3.8) is 0 Å². The summed E-state index contributed by atoms with van der Waals surface area (Å²) in [5.41, 5.74) is 1.22. The molecule has 15 heavy (non-hydrogen) atoms. The van der Waals surface area contributed by atoms with Crippen LogP contribution in [0.3, 0.4) is 0 Å². The molecule has 0 spiro atoms. The number of nitrogens with one attached hydrogen (secondary N) is 1. The van der Waals surface area contributed by atoms with E-state index in [0.29, 0.717) is 12.6 Å². The highest BCUT2D eigenvalue weighted by Gasteiger charge is 2.07. The average Bonchev–Trinajstić information content (AvgIpc) is 2.53. The van der Waals surface area contributed by atoms with Crippen molar-refractivity contribution in [2.24, 2.45) is 0 Å². The van der Waals surface area contributed by atoms with Crippen molar-refractivity contribution in [2.45, 2.75) is 46.9 Å². The molecule has 0 aliphatic carbocycles. The lowest BCUT2D eigenvalue weighted by atomic mass is 10.2. The van der Waals surface area contributed by atoms with Gasteiger partial charge in [-0.15, -0.1) is 0 Å². The lowest BCUT2D eigenvalue weighted by Gasteiger charge is -2.05. The quantitative estimate of drug-likeness (QED) is 0.785. The second-order valence-corrected chi connectivity index (χ2v) is 3.97. The zero-order valence-corrected chi connectivity index (χ0v) is 10.1. The highest BCUT2D eigenvalue weighted by atomic mass is 16.5. The first kappa shape index (κ1) is 12.3. The molecular weight excluding hydrogens is 190 g/mol. The fourth-order valence-electron chi connectivity index (χ4n) is 1.35. The third-order valence-corrected chi connectivity index (χ3v) is 2.22. The van der Waals surface area contributed by atoms with Crippen molar-refractivity contribution in [1.82, 2.24) is 5.32 Å². The van der Waals surface area contributed by atoms with Gasteiger partial charge in [0.1, 0.15) is 18.1 Å². The molecule has 0 aliphatic rings. The van der Waals surface area contributed by atoms with Crippen LogP contribution in [0.15, 0.2) is 10.5 Å². The van der Waals surface area contributed by atoms with Gasteiger partial charge in [0.25, 0.3) is 0 Å². The summed E-state index contributed by atoms with van der Waals surface area (Å²) >= 11 is 0. The summed E-state index contributed by atoms with van der Waals surface area (Å²) in [5.74, 6) is 1.90. The topological polar surface area (TPSA) is 34.4 Å². The number of hydrogen-bond acceptors (Lipinski definition) is 3. The molecular formula is C12H21NO2. The lowest BCUT2D eigenvalue weighted by molar-refractivity contribution is 0.117. The van der Waals surface area contributed by atoms with Crippen molar-refractivity contribution < 1.29 is 9.15 Å². The second-order valence-electron chi connectivity index (χ2n) is 3.97. The minimum atomic E-state index is 0.495. The van der Waals surface area contributed by atoms with Crippen LogP contribution in [0.5, 0.6) is 0 Å². The Labute approximate surface area is 91.8 Å². The number of ether oxygens (including phenoxy) is 1. The first-order chi connectivity index (χ1) is 7.13. The first-order valence-corrected chi connectivity index (χ1v) is 5.52. The fraction of sp³-hybridized carbons (Fsp3) is 0.667. The van der Waals surface area contributed by atoms with Gasteiger partial charge in [-0.25, -0.2) is 0 Å². The molecule has 0 aliphatic heterocycles. The number of aryl methyl sites for hydroxylation is 1. The summed E-state index contributed by atoms with van der Waals surface area (Å²) in [6.45, 7) is 10.4. The Bertz CT molecular complexity index is 292. The van der Waals surface area contributed by atoms with E-state index < -0.39 is 0 Å². The van der Waals surface area contributed by atoms with E-state index in [1.165, 1.54) is 5.56 Å². The third-order valence-electron chi connectivity index (χ3n) is 2.22. The number of hydrogen-bond donors (Lipinski definition) is 1. The van der Waals surface area contributed by atoms with Crippen LogP contribution in [0.4, 0.5) is 0 Å². The predicted octanol–water partition coefficient (Wildman–Crippen LogP) is 2.62. The largest absolute Gasteiger partial charge is 0.464 e. The molecule has 1 aromatic heterocycles. The Morgan fingerprint density at radius 2 is 2.20 bits per heavy atom. The van der Waals surface area contributed by atoms with Gasteiger partial charge in [-0.2, -0.15) is 0 Å². The smallest absolute Gasteiger partial charge is 0.130 e. The molecule has 1 N–H and O–H groups in total. The molecule has 3 heteroatoms. The summed E-state index contributed by atoms with van der Waals surface area (Å²) in [4.78, 5) is 0. The van der Waals surface area contributed by atoms with Crippen LogP contribution in [0, 0.1) is 6.92 Å². The molecule has 0 fully saturated rings. The number of furan rings is 1. The Hall–Kier alpha value is -0.800. The van der Waals surface area contributed by atoms with Crippen molar-refractivity contribution >= 4 is 0 Å². The molecule has 0 bridgehead atoms. The molecule has 0 aromatic carbocycles. The maximum absolute atomic E-state index is 5.58. The Morgan fingerprint density at radius 1 is 1.47 bits per heavy atom. The third kappa shape index (κ3) is 4.06. The molecule has 1 heterocycles. The monoisotopic (exact) mass is 211 g/mol. The highest BCUT2D eigenvalue weighted by Crippen LogP contribution is 2.15. The average molecular weight is 211 g/mol. The summed E-state index contributed by atoms with van der Waals surface area (Å²) in [6, 6.07) is 2.56. The number of rotatable bonds is 6. The van der Waals surface area contributed by atoms with Crippen LogP contribution >= 0.6 is 0 Å². The Morgan fingerprint density at radius 3 is 2.80 bits per heavy atom. The molecule has 1 aromatic rings. The standard InChI is InChI=1S/C12H21NO2/c1-5-14-8-12-6-11(10(4)15-12)7-13-9(2)3/h6,9,13H,5,7-8H2,1-4H3. The van der Waals surface area contributed by atoms with Crippen LogP contribution in [-0.4, -0.2) is 12.6 Å². The summed E-state index contributed by atoms with van der Waals surface area (Å²) in [5, 5.41) is 3.37. The molecule has 0 radical (unpaired) electrons. The summed E-state index contributed by atoms with van der Waals surface area (Å²) in [6.07, 6.45) is 0. The van der Waals surface area contributed by atoms with Crippen molar-refractivity contribution in [3.05, 3.63) is 23.2 Å². The van der Waals surface area contributed by atoms with E-state index in [1.807, 2.05) is 13.8 Å².